The van der Waals surface area contributed by atoms with Crippen molar-refractivity contribution in [1.82, 2.24) is 10.2 Å². The Hall–Kier alpha value is -4.45. The van der Waals surface area contributed by atoms with Gasteiger partial charge >= 0.3 is 0 Å². The summed E-state index contributed by atoms with van der Waals surface area (Å²) in [4.78, 5) is 38.1. The molecule has 0 fully saturated rings. The second-order valence-electron chi connectivity index (χ2n) is 9.03. The number of anilines is 1. The van der Waals surface area contributed by atoms with Gasteiger partial charge in [-0.15, -0.1) is 0 Å². The van der Waals surface area contributed by atoms with E-state index >= 15 is 0 Å². The summed E-state index contributed by atoms with van der Waals surface area (Å²) in [5.41, 5.74) is 1.02. The minimum Gasteiger partial charge on any atom is -0.497 e. The number of benzene rings is 3. The fourth-order valence-electron chi connectivity index (χ4n) is 4.13. The number of amides is 2. The number of aryl methyl sites for hydroxylation is 1. The predicted molar refractivity (Wildman–Crippen MR) is 151 cm³/mol. The third-order valence-electron chi connectivity index (χ3n) is 6.50. The SMILES string of the molecule is CNC(=O)[C@@H](C)N(CCc1ccccc1)C(=O)CN(c1ccc(OC)cc1)S(=O)(=O)c1ccc(C)c([N+](=O)[O-])c1. The number of nitro benzene ring substituents is 1. The van der Waals surface area contributed by atoms with Crippen LogP contribution in [-0.4, -0.2) is 63.3 Å². The van der Waals surface area contributed by atoms with Crippen LogP contribution in [0.2, 0.25) is 0 Å². The van der Waals surface area contributed by atoms with Gasteiger partial charge in [-0.05, 0) is 56.2 Å². The summed E-state index contributed by atoms with van der Waals surface area (Å²) < 4.78 is 33.8. The van der Waals surface area contributed by atoms with Gasteiger partial charge in [0.1, 0.15) is 18.3 Å². The summed E-state index contributed by atoms with van der Waals surface area (Å²) in [6.07, 6.45) is 0.438. The quantitative estimate of drug-likeness (QED) is 0.261. The first kappa shape index (κ1) is 30.1. The lowest BCUT2D eigenvalue weighted by atomic mass is 10.1. The van der Waals surface area contributed by atoms with Crippen LogP contribution in [0.4, 0.5) is 11.4 Å². The summed E-state index contributed by atoms with van der Waals surface area (Å²) >= 11 is 0. The Balaban J connectivity index is 2.04. The molecule has 12 heteroatoms. The van der Waals surface area contributed by atoms with Gasteiger partial charge in [-0.1, -0.05) is 36.4 Å². The molecule has 0 heterocycles. The Kier molecular flexibility index (Phi) is 9.83. The van der Waals surface area contributed by atoms with Crippen molar-refractivity contribution in [3.63, 3.8) is 0 Å². The van der Waals surface area contributed by atoms with Gasteiger partial charge in [-0.25, -0.2) is 8.42 Å². The maximum atomic E-state index is 13.9. The minimum absolute atomic E-state index is 0.146. The molecule has 40 heavy (non-hydrogen) atoms. The second kappa shape index (κ2) is 13.1. The minimum atomic E-state index is -4.45. The molecule has 0 bridgehead atoms. The topological polar surface area (TPSA) is 139 Å². The third-order valence-corrected chi connectivity index (χ3v) is 8.27. The molecule has 0 aromatic heterocycles. The van der Waals surface area contributed by atoms with E-state index in [0.29, 0.717) is 17.7 Å². The zero-order valence-corrected chi connectivity index (χ0v) is 23.6. The molecule has 212 valence electrons. The molecule has 0 saturated carbocycles. The van der Waals surface area contributed by atoms with E-state index in [2.05, 4.69) is 5.32 Å². The maximum Gasteiger partial charge on any atom is 0.273 e. The average molecular weight is 569 g/mol. The van der Waals surface area contributed by atoms with E-state index in [4.69, 9.17) is 4.74 Å². The van der Waals surface area contributed by atoms with Crippen LogP contribution in [0.5, 0.6) is 5.75 Å². The monoisotopic (exact) mass is 568 g/mol. The van der Waals surface area contributed by atoms with Gasteiger partial charge in [0.25, 0.3) is 15.7 Å². The zero-order chi connectivity index (χ0) is 29.4. The highest BCUT2D eigenvalue weighted by atomic mass is 32.2. The number of ether oxygens (including phenoxy) is 1. The van der Waals surface area contributed by atoms with E-state index < -0.39 is 39.3 Å². The highest BCUT2D eigenvalue weighted by molar-refractivity contribution is 7.92. The Bertz CT molecular complexity index is 1460. The molecule has 2 amide bonds. The zero-order valence-electron chi connectivity index (χ0n) is 22.7. The van der Waals surface area contributed by atoms with Crippen LogP contribution in [0.15, 0.2) is 77.7 Å². The van der Waals surface area contributed by atoms with Crippen molar-refractivity contribution in [1.29, 1.82) is 0 Å². The number of carbonyl (C=O) groups is 2. The summed E-state index contributed by atoms with van der Waals surface area (Å²) in [5, 5.41) is 14.1. The molecule has 0 spiro atoms. The van der Waals surface area contributed by atoms with Crippen molar-refractivity contribution in [3.05, 3.63) is 94.0 Å². The number of hydrogen-bond donors (Lipinski definition) is 1. The third kappa shape index (κ3) is 6.94. The molecule has 3 rings (SSSR count). The second-order valence-corrected chi connectivity index (χ2v) is 10.9. The van der Waals surface area contributed by atoms with Gasteiger partial charge in [0.05, 0.1) is 22.6 Å². The van der Waals surface area contributed by atoms with Gasteiger partial charge in [-0.2, -0.15) is 0 Å². The average Bonchev–Trinajstić information content (AvgIpc) is 2.95. The summed E-state index contributed by atoms with van der Waals surface area (Å²) in [6.45, 7) is 2.58. The lowest BCUT2D eigenvalue weighted by Crippen LogP contribution is -2.51. The lowest BCUT2D eigenvalue weighted by molar-refractivity contribution is -0.385. The lowest BCUT2D eigenvalue weighted by Gasteiger charge is -2.31. The largest absolute Gasteiger partial charge is 0.497 e. The Morgan fingerprint density at radius 3 is 2.27 bits per heavy atom. The van der Waals surface area contributed by atoms with Crippen molar-refractivity contribution < 1.29 is 27.7 Å². The van der Waals surface area contributed by atoms with E-state index in [0.717, 1.165) is 15.9 Å². The van der Waals surface area contributed by atoms with E-state index in [-0.39, 0.29) is 22.8 Å². The van der Waals surface area contributed by atoms with Crippen molar-refractivity contribution in [2.45, 2.75) is 31.2 Å². The molecule has 3 aromatic carbocycles. The van der Waals surface area contributed by atoms with Gasteiger partial charge in [-0.3, -0.25) is 24.0 Å². The molecule has 1 N–H and O–H groups in total. The summed E-state index contributed by atoms with van der Waals surface area (Å²) in [6, 6.07) is 18.1. The number of nitrogens with one attached hydrogen (secondary N) is 1. The number of hydrogen-bond acceptors (Lipinski definition) is 7. The molecule has 3 aromatic rings. The highest BCUT2D eigenvalue weighted by Crippen LogP contribution is 2.29. The number of nitrogens with zero attached hydrogens (tertiary/aromatic N) is 3. The number of likely N-dealkylation sites (N-methyl/N-ethyl adjacent to an activating group) is 1. The fourth-order valence-corrected chi connectivity index (χ4v) is 5.56. The van der Waals surface area contributed by atoms with E-state index in [1.165, 1.54) is 50.2 Å². The van der Waals surface area contributed by atoms with Gasteiger partial charge in [0.15, 0.2) is 0 Å². The van der Waals surface area contributed by atoms with Crippen molar-refractivity contribution in [2.75, 3.05) is 31.6 Å². The van der Waals surface area contributed by atoms with Crippen molar-refractivity contribution in [3.8, 4) is 5.75 Å². The molecule has 0 saturated heterocycles. The number of methoxy groups -OCH3 is 1. The number of nitro groups is 1. The molecular formula is C28H32N4O7S. The standard InChI is InChI=1S/C28H32N4O7S/c1-20-10-15-25(18-26(20)32(35)36)40(37,38)31(23-11-13-24(39-4)14-12-23)19-27(33)30(21(2)28(34)29-3)17-16-22-8-6-5-7-9-22/h5-15,18,21H,16-17,19H2,1-4H3,(H,29,34)/t21-/m1/s1. The first-order valence-electron chi connectivity index (χ1n) is 12.5. The normalized spacial score (nSPS) is 11.8. The van der Waals surface area contributed by atoms with Crippen LogP contribution < -0.4 is 14.4 Å². The number of sulfonamides is 1. The Morgan fingerprint density at radius 1 is 1.05 bits per heavy atom. The van der Waals surface area contributed by atoms with Gasteiger partial charge < -0.3 is 15.0 Å². The molecule has 0 radical (unpaired) electrons. The first-order valence-corrected chi connectivity index (χ1v) is 13.9. The summed E-state index contributed by atoms with van der Waals surface area (Å²) in [5.74, 6) is -0.557. The summed E-state index contributed by atoms with van der Waals surface area (Å²) in [7, 11) is -1.54. The van der Waals surface area contributed by atoms with Crippen molar-refractivity contribution in [2.24, 2.45) is 0 Å². The van der Waals surface area contributed by atoms with Crippen LogP contribution in [-0.2, 0) is 26.0 Å². The van der Waals surface area contributed by atoms with Crippen LogP contribution >= 0.6 is 0 Å². The predicted octanol–water partition coefficient (Wildman–Crippen LogP) is 3.31. The molecule has 0 aliphatic rings. The molecule has 1 atom stereocenters. The molecular weight excluding hydrogens is 536 g/mol. The van der Waals surface area contributed by atoms with Crippen LogP contribution in [0.1, 0.15) is 18.1 Å². The smallest absolute Gasteiger partial charge is 0.273 e. The van der Waals surface area contributed by atoms with Gasteiger partial charge in [0, 0.05) is 25.2 Å². The van der Waals surface area contributed by atoms with Crippen LogP contribution in [0.3, 0.4) is 0 Å². The maximum absolute atomic E-state index is 13.9. The number of rotatable bonds is 12. The van der Waals surface area contributed by atoms with E-state index in [1.807, 2.05) is 30.3 Å². The fraction of sp³-hybridized carbons (Fsp3) is 0.286. The molecule has 0 aliphatic carbocycles. The van der Waals surface area contributed by atoms with E-state index in [1.54, 1.807) is 19.1 Å². The van der Waals surface area contributed by atoms with Crippen molar-refractivity contribution >= 4 is 33.2 Å². The highest BCUT2D eigenvalue weighted by Gasteiger charge is 2.33. The van der Waals surface area contributed by atoms with Gasteiger partial charge in [0.2, 0.25) is 11.8 Å². The molecule has 0 aliphatic heterocycles. The molecule has 0 unspecified atom stereocenters. The Labute approximate surface area is 233 Å². The first-order chi connectivity index (χ1) is 19.0. The number of carbonyl (C=O) groups excluding carboxylic acids is 2. The Morgan fingerprint density at radius 2 is 1.70 bits per heavy atom. The van der Waals surface area contributed by atoms with E-state index in [9.17, 15) is 28.1 Å². The molecule has 11 nitrogen and oxygen atoms in total. The van der Waals surface area contributed by atoms with Crippen LogP contribution in [0, 0.1) is 17.0 Å². The van der Waals surface area contributed by atoms with Crippen LogP contribution in [0.25, 0.3) is 0 Å².